The van der Waals surface area contributed by atoms with Crippen LogP contribution in [0.5, 0.6) is 0 Å². The van der Waals surface area contributed by atoms with Crippen LogP contribution >= 0.6 is 11.6 Å². The number of ether oxygens (including phenoxy) is 1. The zero-order valence-electron chi connectivity index (χ0n) is 9.42. The summed E-state index contributed by atoms with van der Waals surface area (Å²) in [4.78, 5) is 22.5. The highest BCUT2D eigenvalue weighted by atomic mass is 35.5. The predicted octanol–water partition coefficient (Wildman–Crippen LogP) is 2.70. The van der Waals surface area contributed by atoms with Gasteiger partial charge in [-0.3, -0.25) is 4.79 Å². The quantitative estimate of drug-likeness (QED) is 0.281. The van der Waals surface area contributed by atoms with Gasteiger partial charge in [0.05, 0.1) is 6.61 Å². The third-order valence-electron chi connectivity index (χ3n) is 2.05. The molecule has 0 saturated heterocycles. The van der Waals surface area contributed by atoms with Crippen molar-refractivity contribution in [3.8, 4) is 0 Å². The summed E-state index contributed by atoms with van der Waals surface area (Å²) in [5.41, 5.74) is 0. The zero-order valence-corrected chi connectivity index (χ0v) is 10.2. The highest BCUT2D eigenvalue weighted by Gasteiger charge is 2.24. The SMILES string of the molecule is CCCCCCC(=O)C(Cl)C(=O)OCC. The van der Waals surface area contributed by atoms with Crippen molar-refractivity contribution in [3.05, 3.63) is 0 Å². The van der Waals surface area contributed by atoms with Gasteiger partial charge in [-0.1, -0.05) is 26.2 Å². The van der Waals surface area contributed by atoms with E-state index in [0.29, 0.717) is 6.42 Å². The molecule has 0 radical (unpaired) electrons. The maximum absolute atomic E-state index is 11.4. The van der Waals surface area contributed by atoms with Crippen LogP contribution in [0.25, 0.3) is 0 Å². The highest BCUT2D eigenvalue weighted by molar-refractivity contribution is 6.41. The van der Waals surface area contributed by atoms with E-state index in [4.69, 9.17) is 11.6 Å². The molecule has 0 aliphatic heterocycles. The van der Waals surface area contributed by atoms with Gasteiger partial charge in [0.1, 0.15) is 0 Å². The molecule has 0 bridgehead atoms. The average Bonchev–Trinajstić information content (AvgIpc) is 2.23. The van der Waals surface area contributed by atoms with Crippen molar-refractivity contribution in [1.82, 2.24) is 0 Å². The summed E-state index contributed by atoms with van der Waals surface area (Å²) < 4.78 is 4.66. The summed E-state index contributed by atoms with van der Waals surface area (Å²) in [6, 6.07) is 0. The van der Waals surface area contributed by atoms with E-state index in [9.17, 15) is 9.59 Å². The number of Topliss-reactive ketones (excluding diaryl/α,β-unsaturated/α-hetero) is 1. The van der Waals surface area contributed by atoms with Gasteiger partial charge in [0.25, 0.3) is 0 Å². The van der Waals surface area contributed by atoms with Gasteiger partial charge in [0, 0.05) is 6.42 Å². The molecule has 1 unspecified atom stereocenters. The first kappa shape index (κ1) is 14.4. The molecular formula is C11H19ClO3. The third-order valence-corrected chi connectivity index (χ3v) is 2.47. The summed E-state index contributed by atoms with van der Waals surface area (Å²) in [5.74, 6) is -0.856. The van der Waals surface area contributed by atoms with Crippen molar-refractivity contribution in [2.75, 3.05) is 6.61 Å². The van der Waals surface area contributed by atoms with Crippen LogP contribution in [-0.4, -0.2) is 23.7 Å². The Morgan fingerprint density at radius 3 is 2.40 bits per heavy atom. The van der Waals surface area contributed by atoms with E-state index in [1.54, 1.807) is 6.92 Å². The van der Waals surface area contributed by atoms with Crippen molar-refractivity contribution >= 4 is 23.4 Å². The molecule has 1 atom stereocenters. The van der Waals surface area contributed by atoms with Gasteiger partial charge in [-0.05, 0) is 13.3 Å². The Balaban J connectivity index is 3.73. The minimum atomic E-state index is -1.12. The van der Waals surface area contributed by atoms with E-state index in [1.165, 1.54) is 0 Å². The molecule has 0 rings (SSSR count). The minimum absolute atomic E-state index is 0.230. The second kappa shape index (κ2) is 8.72. The van der Waals surface area contributed by atoms with E-state index >= 15 is 0 Å². The maximum Gasteiger partial charge on any atom is 0.331 e. The molecule has 0 aliphatic carbocycles. The van der Waals surface area contributed by atoms with Crippen molar-refractivity contribution in [3.63, 3.8) is 0 Å². The van der Waals surface area contributed by atoms with Gasteiger partial charge in [0.15, 0.2) is 11.2 Å². The van der Waals surface area contributed by atoms with Crippen LogP contribution in [0, 0.1) is 0 Å². The molecule has 0 fully saturated rings. The number of carbonyl (C=O) groups is 2. The van der Waals surface area contributed by atoms with E-state index in [2.05, 4.69) is 11.7 Å². The lowest BCUT2D eigenvalue weighted by molar-refractivity contribution is -0.145. The molecule has 0 N–H and O–H groups in total. The average molecular weight is 235 g/mol. The molecular weight excluding hydrogens is 216 g/mol. The van der Waals surface area contributed by atoms with Gasteiger partial charge in [-0.2, -0.15) is 0 Å². The van der Waals surface area contributed by atoms with E-state index in [-0.39, 0.29) is 12.4 Å². The maximum atomic E-state index is 11.4. The largest absolute Gasteiger partial charge is 0.465 e. The Labute approximate surface area is 96.1 Å². The van der Waals surface area contributed by atoms with Crippen LogP contribution in [0.1, 0.15) is 46.0 Å². The topological polar surface area (TPSA) is 43.4 Å². The molecule has 15 heavy (non-hydrogen) atoms. The summed E-state index contributed by atoms with van der Waals surface area (Å²) >= 11 is 5.65. The van der Waals surface area contributed by atoms with Gasteiger partial charge in [-0.25, -0.2) is 4.79 Å². The summed E-state index contributed by atoms with van der Waals surface area (Å²) in [6.07, 6.45) is 4.41. The molecule has 3 nitrogen and oxygen atoms in total. The number of esters is 1. The fourth-order valence-electron chi connectivity index (χ4n) is 1.20. The van der Waals surface area contributed by atoms with Gasteiger partial charge in [-0.15, -0.1) is 11.6 Å². The van der Waals surface area contributed by atoms with Crippen LogP contribution in [-0.2, 0) is 14.3 Å². The Morgan fingerprint density at radius 1 is 1.20 bits per heavy atom. The van der Waals surface area contributed by atoms with Gasteiger partial charge >= 0.3 is 5.97 Å². The molecule has 0 aromatic heterocycles. The Bertz CT molecular complexity index is 204. The number of hydrogen-bond acceptors (Lipinski definition) is 3. The molecule has 0 aliphatic rings. The first-order valence-corrected chi connectivity index (χ1v) is 5.90. The molecule has 4 heteroatoms. The number of alkyl halides is 1. The molecule has 0 heterocycles. The summed E-state index contributed by atoms with van der Waals surface area (Å²) in [5, 5.41) is -1.12. The molecule has 0 saturated carbocycles. The number of hydrogen-bond donors (Lipinski definition) is 0. The second-order valence-corrected chi connectivity index (χ2v) is 3.83. The normalized spacial score (nSPS) is 12.2. The summed E-state index contributed by atoms with van der Waals surface area (Å²) in [6.45, 7) is 4.04. The lowest BCUT2D eigenvalue weighted by Gasteiger charge is -2.07. The fourth-order valence-corrected chi connectivity index (χ4v) is 1.37. The van der Waals surface area contributed by atoms with Crippen molar-refractivity contribution < 1.29 is 14.3 Å². The van der Waals surface area contributed by atoms with E-state index < -0.39 is 11.3 Å². The van der Waals surface area contributed by atoms with Crippen LogP contribution in [0.4, 0.5) is 0 Å². The first-order valence-electron chi connectivity index (χ1n) is 5.46. The van der Waals surface area contributed by atoms with Crippen molar-refractivity contribution in [2.24, 2.45) is 0 Å². The minimum Gasteiger partial charge on any atom is -0.465 e. The van der Waals surface area contributed by atoms with Crippen LogP contribution in [0.2, 0.25) is 0 Å². The standard InChI is InChI=1S/C11H19ClO3/c1-3-5-6-7-8-9(13)10(12)11(14)15-4-2/h10H,3-8H2,1-2H3. The lowest BCUT2D eigenvalue weighted by atomic mass is 10.1. The monoisotopic (exact) mass is 234 g/mol. The Hall–Kier alpha value is -0.570. The molecule has 88 valence electrons. The number of rotatable bonds is 8. The Kier molecular flexibility index (Phi) is 8.38. The van der Waals surface area contributed by atoms with Gasteiger partial charge in [0.2, 0.25) is 0 Å². The highest BCUT2D eigenvalue weighted by Crippen LogP contribution is 2.09. The molecule has 0 amide bonds. The first-order chi connectivity index (χ1) is 7.13. The summed E-state index contributed by atoms with van der Waals surface area (Å²) in [7, 11) is 0. The van der Waals surface area contributed by atoms with Gasteiger partial charge < -0.3 is 4.74 Å². The molecule has 0 aromatic carbocycles. The number of unbranched alkanes of at least 4 members (excludes halogenated alkanes) is 3. The predicted molar refractivity (Wildman–Crippen MR) is 60.0 cm³/mol. The lowest BCUT2D eigenvalue weighted by Crippen LogP contribution is -2.26. The number of ketones is 1. The smallest absolute Gasteiger partial charge is 0.331 e. The zero-order chi connectivity index (χ0) is 11.7. The van der Waals surface area contributed by atoms with Crippen molar-refractivity contribution in [1.29, 1.82) is 0 Å². The Morgan fingerprint density at radius 2 is 1.87 bits per heavy atom. The van der Waals surface area contributed by atoms with E-state index in [0.717, 1.165) is 25.7 Å². The molecule has 0 spiro atoms. The number of halogens is 1. The van der Waals surface area contributed by atoms with E-state index in [1.807, 2.05) is 0 Å². The third kappa shape index (κ3) is 6.50. The molecule has 0 aromatic rings. The second-order valence-electron chi connectivity index (χ2n) is 3.39. The van der Waals surface area contributed by atoms with Crippen LogP contribution in [0.3, 0.4) is 0 Å². The van der Waals surface area contributed by atoms with Crippen LogP contribution < -0.4 is 0 Å². The van der Waals surface area contributed by atoms with Crippen LogP contribution in [0.15, 0.2) is 0 Å². The fraction of sp³-hybridized carbons (Fsp3) is 0.818. The van der Waals surface area contributed by atoms with Crippen molar-refractivity contribution in [2.45, 2.75) is 51.3 Å². The number of carbonyl (C=O) groups excluding carboxylic acids is 2.